The smallest absolute Gasteiger partial charge is 0.385 e. The fourth-order valence-corrected chi connectivity index (χ4v) is 4.82. The van der Waals surface area contributed by atoms with Crippen LogP contribution in [0, 0.1) is 5.95 Å². The normalized spacial score (nSPS) is 18.6. The summed E-state index contributed by atoms with van der Waals surface area (Å²) in [5.41, 5.74) is 12.2. The number of halogens is 4. The molecule has 0 aliphatic carbocycles. The highest BCUT2D eigenvalue weighted by Crippen LogP contribution is 2.35. The number of hydrogen-bond donors (Lipinski definition) is 2. The number of morpholine rings is 1. The molecule has 2 aliphatic rings. The molecule has 1 unspecified atom stereocenters. The predicted octanol–water partition coefficient (Wildman–Crippen LogP) is 5.19. The van der Waals surface area contributed by atoms with Crippen LogP contribution in [-0.4, -0.2) is 48.8 Å². The van der Waals surface area contributed by atoms with Crippen molar-refractivity contribution >= 4 is 11.5 Å². The van der Waals surface area contributed by atoms with Gasteiger partial charge in [0.2, 0.25) is 5.95 Å². The van der Waals surface area contributed by atoms with E-state index in [0.717, 1.165) is 40.9 Å². The molecule has 0 radical (unpaired) electrons. The van der Waals surface area contributed by atoms with Crippen molar-refractivity contribution in [2.24, 2.45) is 0 Å². The van der Waals surface area contributed by atoms with Crippen molar-refractivity contribution in [1.82, 2.24) is 15.2 Å². The molecule has 1 saturated heterocycles. The maximum Gasteiger partial charge on any atom is 0.401 e. The van der Waals surface area contributed by atoms with Gasteiger partial charge in [-0.1, -0.05) is 49.0 Å². The summed E-state index contributed by atoms with van der Waals surface area (Å²) in [5.74, 6) is -0.592. The third-order valence-corrected chi connectivity index (χ3v) is 6.63. The Labute approximate surface area is 206 Å². The average molecular weight is 499 g/mol. The Hall–Kier alpha value is -3.43. The molecule has 1 aromatic heterocycles. The van der Waals surface area contributed by atoms with Gasteiger partial charge in [-0.05, 0) is 34.7 Å². The van der Waals surface area contributed by atoms with Gasteiger partial charge in [0.05, 0.1) is 19.3 Å². The minimum atomic E-state index is -4.26. The second kappa shape index (κ2) is 9.55. The van der Waals surface area contributed by atoms with E-state index in [4.69, 9.17) is 10.5 Å². The van der Waals surface area contributed by atoms with E-state index in [-0.39, 0.29) is 31.1 Å². The summed E-state index contributed by atoms with van der Waals surface area (Å²) in [5, 5.41) is 3.24. The van der Waals surface area contributed by atoms with Crippen molar-refractivity contribution in [1.29, 1.82) is 0 Å². The number of nitrogens with two attached hydrogens (primary N) is 1. The van der Waals surface area contributed by atoms with Crippen molar-refractivity contribution in [3.8, 4) is 22.3 Å². The van der Waals surface area contributed by atoms with Crippen molar-refractivity contribution in [3.05, 3.63) is 77.7 Å². The topological polar surface area (TPSA) is 63.4 Å². The quantitative estimate of drug-likeness (QED) is 0.383. The first kappa shape index (κ1) is 24.3. The Morgan fingerprint density at radius 3 is 2.56 bits per heavy atom. The lowest BCUT2D eigenvalue weighted by molar-refractivity contribution is -0.159. The van der Waals surface area contributed by atoms with E-state index in [9.17, 15) is 17.6 Å². The zero-order chi connectivity index (χ0) is 25.4. The van der Waals surface area contributed by atoms with Gasteiger partial charge in [0, 0.05) is 42.0 Å². The fourth-order valence-electron chi connectivity index (χ4n) is 4.82. The van der Waals surface area contributed by atoms with Crippen molar-refractivity contribution in [2.75, 3.05) is 38.5 Å². The van der Waals surface area contributed by atoms with E-state index < -0.39 is 24.8 Å². The third-order valence-electron chi connectivity index (χ3n) is 6.63. The Bertz CT molecular complexity index is 1290. The van der Waals surface area contributed by atoms with E-state index in [1.165, 1.54) is 4.90 Å². The summed E-state index contributed by atoms with van der Waals surface area (Å²) in [6, 6.07) is 14.6. The molecule has 0 spiro atoms. The first-order valence-electron chi connectivity index (χ1n) is 11.7. The highest BCUT2D eigenvalue weighted by molar-refractivity contribution is 5.81. The molecule has 0 saturated carbocycles. The van der Waals surface area contributed by atoms with Gasteiger partial charge < -0.3 is 15.8 Å². The maximum absolute atomic E-state index is 14.9. The van der Waals surface area contributed by atoms with Gasteiger partial charge in [-0.2, -0.15) is 17.6 Å². The monoisotopic (exact) mass is 498 g/mol. The molecular formula is C27H26F4N4O. The zero-order valence-corrected chi connectivity index (χ0v) is 19.5. The SMILES string of the molecule is C=C1NCCc2cc(-c3cc(-c4ccc(C5CN(CC(F)(F)F)CCO5)cc4)c(F)nc3N)ccc21. The van der Waals surface area contributed by atoms with E-state index >= 15 is 0 Å². The minimum Gasteiger partial charge on any atom is -0.385 e. The number of anilines is 1. The Kier molecular flexibility index (Phi) is 6.44. The molecule has 3 heterocycles. The first-order valence-corrected chi connectivity index (χ1v) is 11.7. The van der Waals surface area contributed by atoms with Crippen LogP contribution in [0.5, 0.6) is 0 Å². The number of aromatic nitrogens is 1. The second-order valence-electron chi connectivity index (χ2n) is 9.12. The number of alkyl halides is 3. The molecule has 3 N–H and O–H groups in total. The van der Waals surface area contributed by atoms with Gasteiger partial charge in [-0.15, -0.1) is 0 Å². The number of benzene rings is 2. The lowest BCUT2D eigenvalue weighted by Crippen LogP contribution is -2.43. The van der Waals surface area contributed by atoms with Crippen molar-refractivity contribution in [2.45, 2.75) is 18.7 Å². The molecule has 5 rings (SSSR count). The van der Waals surface area contributed by atoms with Gasteiger partial charge in [0.1, 0.15) is 5.82 Å². The number of rotatable bonds is 4. The standard InChI is InChI=1S/C27H26F4N4O/c1-16-21-7-6-19(12-20(21)8-9-33-16)23-13-22(25(28)34-26(23)32)17-2-4-18(5-3-17)24-14-35(10-11-36-24)15-27(29,30)31/h2-7,12-13,24,33H,1,8-11,14-15H2,(H2,32,34). The maximum atomic E-state index is 14.9. The zero-order valence-electron chi connectivity index (χ0n) is 19.5. The van der Waals surface area contributed by atoms with Crippen LogP contribution >= 0.6 is 0 Å². The first-order chi connectivity index (χ1) is 17.2. The second-order valence-corrected chi connectivity index (χ2v) is 9.12. The summed E-state index contributed by atoms with van der Waals surface area (Å²) in [6.07, 6.45) is -3.90. The highest BCUT2D eigenvalue weighted by atomic mass is 19.4. The Balaban J connectivity index is 1.41. The van der Waals surface area contributed by atoms with E-state index in [1.807, 2.05) is 18.2 Å². The summed E-state index contributed by atoms with van der Waals surface area (Å²) in [7, 11) is 0. The Morgan fingerprint density at radius 2 is 1.81 bits per heavy atom. The minimum absolute atomic E-state index is 0.0981. The van der Waals surface area contributed by atoms with Gasteiger partial charge in [-0.25, -0.2) is 4.98 Å². The molecule has 2 aliphatic heterocycles. The number of nitrogens with zero attached hydrogens (tertiary/aromatic N) is 2. The molecular weight excluding hydrogens is 472 g/mol. The molecule has 3 aromatic rings. The number of pyridine rings is 1. The number of nitrogens with one attached hydrogen (secondary N) is 1. The molecule has 36 heavy (non-hydrogen) atoms. The van der Waals surface area contributed by atoms with Gasteiger partial charge in [-0.3, -0.25) is 4.90 Å². The van der Waals surface area contributed by atoms with Gasteiger partial charge in [0.25, 0.3) is 0 Å². The van der Waals surface area contributed by atoms with Crippen LogP contribution in [0.15, 0.2) is 55.1 Å². The molecule has 2 aromatic carbocycles. The summed E-state index contributed by atoms with van der Waals surface area (Å²) in [4.78, 5) is 5.29. The number of ether oxygens (including phenoxy) is 1. The average Bonchev–Trinajstić information content (AvgIpc) is 2.83. The van der Waals surface area contributed by atoms with E-state index in [0.29, 0.717) is 11.1 Å². The largest absolute Gasteiger partial charge is 0.401 e. The van der Waals surface area contributed by atoms with E-state index in [1.54, 1.807) is 30.3 Å². The Morgan fingerprint density at radius 1 is 1.06 bits per heavy atom. The lowest BCUT2D eigenvalue weighted by atomic mass is 9.93. The van der Waals surface area contributed by atoms with Gasteiger partial charge >= 0.3 is 6.18 Å². The summed E-state index contributed by atoms with van der Waals surface area (Å²) < 4.78 is 59.0. The van der Waals surface area contributed by atoms with Crippen LogP contribution in [-0.2, 0) is 11.2 Å². The number of hydrogen-bond acceptors (Lipinski definition) is 5. The van der Waals surface area contributed by atoms with E-state index in [2.05, 4.69) is 16.9 Å². The molecule has 9 heteroatoms. The molecule has 1 fully saturated rings. The highest BCUT2D eigenvalue weighted by Gasteiger charge is 2.33. The molecule has 5 nitrogen and oxygen atoms in total. The van der Waals surface area contributed by atoms with Crippen LogP contribution in [0.4, 0.5) is 23.4 Å². The van der Waals surface area contributed by atoms with Crippen molar-refractivity contribution in [3.63, 3.8) is 0 Å². The predicted molar refractivity (Wildman–Crippen MR) is 131 cm³/mol. The van der Waals surface area contributed by atoms with Crippen LogP contribution < -0.4 is 11.1 Å². The van der Waals surface area contributed by atoms with Crippen LogP contribution in [0.2, 0.25) is 0 Å². The van der Waals surface area contributed by atoms with Crippen LogP contribution in [0.1, 0.15) is 22.8 Å². The number of nitrogen functional groups attached to an aromatic ring is 1. The van der Waals surface area contributed by atoms with Crippen LogP contribution in [0.3, 0.4) is 0 Å². The summed E-state index contributed by atoms with van der Waals surface area (Å²) >= 11 is 0. The van der Waals surface area contributed by atoms with Gasteiger partial charge in [0.15, 0.2) is 0 Å². The molecule has 0 bridgehead atoms. The van der Waals surface area contributed by atoms with Crippen LogP contribution in [0.25, 0.3) is 28.0 Å². The fraction of sp³-hybridized carbons (Fsp3) is 0.296. The molecule has 188 valence electrons. The summed E-state index contributed by atoms with van der Waals surface area (Å²) in [6.45, 7) is 4.45. The number of fused-ring (bicyclic) bond motifs is 1. The molecule has 0 amide bonds. The third kappa shape index (κ3) is 5.08. The molecule has 1 atom stereocenters. The van der Waals surface area contributed by atoms with Crippen molar-refractivity contribution < 1.29 is 22.3 Å². The lowest BCUT2D eigenvalue weighted by Gasteiger charge is -2.33.